The lowest BCUT2D eigenvalue weighted by Gasteiger charge is -2.06. The van der Waals surface area contributed by atoms with Gasteiger partial charge in [0.25, 0.3) is 0 Å². The van der Waals surface area contributed by atoms with Gasteiger partial charge >= 0.3 is 0 Å². The van der Waals surface area contributed by atoms with Gasteiger partial charge in [-0.05, 0) is 6.42 Å². The van der Waals surface area contributed by atoms with Crippen LogP contribution in [0.3, 0.4) is 0 Å². The Labute approximate surface area is 60.9 Å². The van der Waals surface area contributed by atoms with Gasteiger partial charge in [0.2, 0.25) is 0 Å². The van der Waals surface area contributed by atoms with E-state index in [1.54, 1.807) is 0 Å². The predicted octanol–water partition coefficient (Wildman–Crippen LogP) is 0.722. The van der Waals surface area contributed by atoms with Crippen LogP contribution in [-0.2, 0) is 9.47 Å². The summed E-state index contributed by atoms with van der Waals surface area (Å²) in [6.45, 7) is 2.38. The summed E-state index contributed by atoms with van der Waals surface area (Å²) in [6.07, 6.45) is 1.39. The van der Waals surface area contributed by atoms with Crippen molar-refractivity contribution in [3.05, 3.63) is 0 Å². The van der Waals surface area contributed by atoms with Crippen LogP contribution in [0.2, 0.25) is 0 Å². The molecule has 1 aliphatic rings. The molecule has 1 fully saturated rings. The van der Waals surface area contributed by atoms with Crippen molar-refractivity contribution in [2.75, 3.05) is 25.6 Å². The van der Waals surface area contributed by atoms with Crippen molar-refractivity contribution in [3.8, 4) is 0 Å². The van der Waals surface area contributed by atoms with Crippen molar-refractivity contribution in [1.29, 1.82) is 0 Å². The normalized spacial score (nSPS) is 27.0. The van der Waals surface area contributed by atoms with Gasteiger partial charge in [-0.15, -0.1) is 0 Å². The lowest BCUT2D eigenvalue weighted by atomic mass is 10.3. The Morgan fingerprint density at radius 3 is 3.11 bits per heavy atom. The summed E-state index contributed by atoms with van der Waals surface area (Å²) in [5.74, 6) is 0.802. The molecule has 3 heteroatoms. The summed E-state index contributed by atoms with van der Waals surface area (Å²) in [7, 11) is 0. The fourth-order valence-electron chi connectivity index (χ4n) is 0.864. The van der Waals surface area contributed by atoms with Crippen LogP contribution >= 0.6 is 12.6 Å². The van der Waals surface area contributed by atoms with Crippen molar-refractivity contribution >= 4 is 12.6 Å². The zero-order valence-corrected chi connectivity index (χ0v) is 6.27. The number of hydrogen-bond donors (Lipinski definition) is 1. The molecule has 0 amide bonds. The maximum Gasteiger partial charge on any atom is 0.0830 e. The van der Waals surface area contributed by atoms with Crippen molar-refractivity contribution < 1.29 is 9.47 Å². The molecule has 0 spiro atoms. The zero-order chi connectivity index (χ0) is 6.53. The Morgan fingerprint density at radius 1 is 1.67 bits per heavy atom. The van der Waals surface area contributed by atoms with Gasteiger partial charge in [-0.2, -0.15) is 12.6 Å². The number of thiol groups is 1. The van der Waals surface area contributed by atoms with Crippen molar-refractivity contribution in [1.82, 2.24) is 0 Å². The summed E-state index contributed by atoms with van der Waals surface area (Å²) >= 11 is 4.03. The van der Waals surface area contributed by atoms with Gasteiger partial charge in [0, 0.05) is 12.4 Å². The molecule has 0 aromatic rings. The van der Waals surface area contributed by atoms with Crippen LogP contribution in [0.4, 0.5) is 0 Å². The van der Waals surface area contributed by atoms with Gasteiger partial charge in [0.1, 0.15) is 0 Å². The summed E-state index contributed by atoms with van der Waals surface area (Å²) in [6, 6.07) is 0. The molecule has 0 aliphatic carbocycles. The monoisotopic (exact) mass is 148 g/mol. The van der Waals surface area contributed by atoms with Gasteiger partial charge in [0.05, 0.1) is 19.3 Å². The van der Waals surface area contributed by atoms with Crippen LogP contribution in [0.1, 0.15) is 6.42 Å². The van der Waals surface area contributed by atoms with Crippen molar-refractivity contribution in [2.24, 2.45) is 0 Å². The number of hydrogen-bond acceptors (Lipinski definition) is 3. The third-order valence-electron chi connectivity index (χ3n) is 1.33. The van der Waals surface area contributed by atoms with Gasteiger partial charge < -0.3 is 9.47 Å². The van der Waals surface area contributed by atoms with Crippen LogP contribution in [-0.4, -0.2) is 31.7 Å². The maximum atomic E-state index is 5.35. The van der Waals surface area contributed by atoms with E-state index in [9.17, 15) is 0 Å². The first-order chi connectivity index (χ1) is 4.43. The molecular weight excluding hydrogens is 136 g/mol. The minimum absolute atomic E-state index is 0.345. The van der Waals surface area contributed by atoms with E-state index in [1.807, 2.05) is 0 Å². The molecule has 0 bridgehead atoms. The van der Waals surface area contributed by atoms with E-state index in [0.29, 0.717) is 6.10 Å². The van der Waals surface area contributed by atoms with Gasteiger partial charge in [-0.3, -0.25) is 0 Å². The summed E-state index contributed by atoms with van der Waals surface area (Å²) in [5.41, 5.74) is 0. The minimum Gasteiger partial charge on any atom is -0.379 e. The smallest absolute Gasteiger partial charge is 0.0830 e. The minimum atomic E-state index is 0.345. The van der Waals surface area contributed by atoms with Crippen LogP contribution in [0.15, 0.2) is 0 Å². The quantitative estimate of drug-likeness (QED) is 0.594. The van der Waals surface area contributed by atoms with Gasteiger partial charge in [-0.1, -0.05) is 0 Å². The molecule has 54 valence electrons. The molecule has 0 saturated carbocycles. The average molecular weight is 148 g/mol. The highest BCUT2D eigenvalue weighted by atomic mass is 32.1. The van der Waals surface area contributed by atoms with Crippen LogP contribution in [0.5, 0.6) is 0 Å². The molecule has 1 heterocycles. The van der Waals surface area contributed by atoms with Crippen LogP contribution in [0.25, 0.3) is 0 Å². The Morgan fingerprint density at radius 2 is 2.56 bits per heavy atom. The first-order valence-electron chi connectivity index (χ1n) is 3.23. The van der Waals surface area contributed by atoms with E-state index in [2.05, 4.69) is 12.6 Å². The average Bonchev–Trinajstić information content (AvgIpc) is 2.34. The largest absolute Gasteiger partial charge is 0.379 e. The molecule has 1 atom stereocenters. The highest BCUT2D eigenvalue weighted by Crippen LogP contribution is 2.07. The molecular formula is C6H12O2S. The van der Waals surface area contributed by atoms with Crippen molar-refractivity contribution in [2.45, 2.75) is 12.5 Å². The first kappa shape index (κ1) is 7.38. The molecule has 1 aliphatic heterocycles. The molecule has 0 N–H and O–H groups in total. The second kappa shape index (κ2) is 4.14. The van der Waals surface area contributed by atoms with E-state index in [4.69, 9.17) is 9.47 Å². The molecule has 0 aromatic heterocycles. The predicted molar refractivity (Wildman–Crippen MR) is 39.0 cm³/mol. The second-order valence-electron chi connectivity index (χ2n) is 2.08. The molecule has 1 saturated heterocycles. The lowest BCUT2D eigenvalue weighted by Crippen LogP contribution is -2.13. The van der Waals surface area contributed by atoms with E-state index in [1.165, 1.54) is 0 Å². The van der Waals surface area contributed by atoms with Gasteiger partial charge in [0.15, 0.2) is 0 Å². The lowest BCUT2D eigenvalue weighted by molar-refractivity contribution is 0.0526. The number of ether oxygens (including phenoxy) is 2. The fourth-order valence-corrected chi connectivity index (χ4v) is 0.969. The highest BCUT2D eigenvalue weighted by Gasteiger charge is 2.14. The molecule has 0 radical (unpaired) electrons. The van der Waals surface area contributed by atoms with Crippen LogP contribution in [0, 0.1) is 0 Å². The molecule has 0 aromatic carbocycles. The summed E-state index contributed by atoms with van der Waals surface area (Å²) in [5, 5.41) is 0. The Balaban J connectivity index is 1.98. The maximum absolute atomic E-state index is 5.35. The Bertz CT molecular complexity index is 71.5. The summed E-state index contributed by atoms with van der Waals surface area (Å²) < 4.78 is 10.5. The second-order valence-corrected chi connectivity index (χ2v) is 2.53. The van der Waals surface area contributed by atoms with Gasteiger partial charge in [-0.25, -0.2) is 0 Å². The molecule has 1 rings (SSSR count). The molecule has 2 nitrogen and oxygen atoms in total. The first-order valence-corrected chi connectivity index (χ1v) is 3.87. The topological polar surface area (TPSA) is 18.5 Å². The Hall–Kier alpha value is 0.270. The van der Waals surface area contributed by atoms with Crippen LogP contribution < -0.4 is 0 Å². The third kappa shape index (κ3) is 2.56. The molecule has 9 heavy (non-hydrogen) atoms. The van der Waals surface area contributed by atoms with E-state index < -0.39 is 0 Å². The van der Waals surface area contributed by atoms with E-state index in [0.717, 1.165) is 32.0 Å². The Kier molecular flexibility index (Phi) is 3.40. The van der Waals surface area contributed by atoms with E-state index in [-0.39, 0.29) is 0 Å². The van der Waals surface area contributed by atoms with E-state index >= 15 is 0 Å². The number of rotatable bonds is 3. The fraction of sp³-hybridized carbons (Fsp3) is 1.00. The third-order valence-corrected chi connectivity index (χ3v) is 1.52. The summed E-state index contributed by atoms with van der Waals surface area (Å²) in [4.78, 5) is 0. The zero-order valence-electron chi connectivity index (χ0n) is 5.38. The highest BCUT2D eigenvalue weighted by molar-refractivity contribution is 7.80. The molecule has 1 unspecified atom stereocenters. The van der Waals surface area contributed by atoms with Crippen molar-refractivity contribution in [3.63, 3.8) is 0 Å². The standard InChI is InChI=1S/C6H12O2S/c9-4-3-8-6-1-2-7-5-6/h6,9H,1-5H2. The SMILES string of the molecule is SCCOC1CCOC1.